The largest absolute Gasteiger partial charge is 0.493 e. The highest BCUT2D eigenvalue weighted by Crippen LogP contribution is 2.42. The van der Waals surface area contributed by atoms with Gasteiger partial charge in [-0.1, -0.05) is 18.2 Å². The molecule has 1 N–H and O–H groups in total. The van der Waals surface area contributed by atoms with Crippen LogP contribution in [0.3, 0.4) is 0 Å². The van der Waals surface area contributed by atoms with E-state index in [2.05, 4.69) is 49.7 Å². The minimum absolute atomic E-state index is 0.00137. The van der Waals surface area contributed by atoms with E-state index in [1.54, 1.807) is 25.6 Å². The summed E-state index contributed by atoms with van der Waals surface area (Å²) < 4.78 is 11.9. The van der Waals surface area contributed by atoms with Crippen molar-refractivity contribution in [3.05, 3.63) is 74.4 Å². The smallest absolute Gasteiger partial charge is 0.238 e. The Morgan fingerprint density at radius 2 is 1.93 bits per heavy atom. The van der Waals surface area contributed by atoms with Crippen LogP contribution < -0.4 is 14.8 Å². The second kappa shape index (κ2) is 9.20. The van der Waals surface area contributed by atoms with Crippen LogP contribution in [0.4, 0.5) is 5.69 Å². The zero-order chi connectivity index (χ0) is 21.1. The Morgan fingerprint density at radius 3 is 2.63 bits per heavy atom. The highest BCUT2D eigenvalue weighted by Gasteiger charge is 2.32. The van der Waals surface area contributed by atoms with Gasteiger partial charge in [-0.2, -0.15) is 0 Å². The van der Waals surface area contributed by atoms with E-state index in [0.29, 0.717) is 12.3 Å². The molecule has 0 saturated carbocycles. The summed E-state index contributed by atoms with van der Waals surface area (Å²) in [5.74, 6) is 1.41. The first-order chi connectivity index (χ1) is 14.6. The average Bonchev–Trinajstić information content (AvgIpc) is 3.28. The molecule has 0 spiro atoms. The van der Waals surface area contributed by atoms with Gasteiger partial charge in [-0.05, 0) is 69.2 Å². The molecule has 1 aliphatic rings. The Balaban J connectivity index is 1.64. The summed E-state index contributed by atoms with van der Waals surface area (Å²) in [4.78, 5) is 16.3. The second-order valence-corrected chi connectivity index (χ2v) is 8.91. The number of fused-ring (bicyclic) bond motifs is 1. The number of amides is 1. The normalized spacial score (nSPS) is 16.0. The van der Waals surface area contributed by atoms with Gasteiger partial charge < -0.3 is 14.8 Å². The van der Waals surface area contributed by atoms with Gasteiger partial charge in [0.1, 0.15) is 0 Å². The summed E-state index contributed by atoms with van der Waals surface area (Å²) in [6.45, 7) is 1.09. The van der Waals surface area contributed by atoms with E-state index in [1.165, 1.54) is 10.4 Å². The van der Waals surface area contributed by atoms with E-state index >= 15 is 0 Å². The van der Waals surface area contributed by atoms with E-state index in [0.717, 1.165) is 34.4 Å². The van der Waals surface area contributed by atoms with Gasteiger partial charge in [0.05, 0.1) is 32.5 Å². The van der Waals surface area contributed by atoms with Gasteiger partial charge in [-0.25, -0.2) is 0 Å². The first kappa shape index (κ1) is 20.9. The number of para-hydroxylation sites is 1. The van der Waals surface area contributed by atoms with E-state index < -0.39 is 0 Å². The molecule has 5 nitrogen and oxygen atoms in total. The summed E-state index contributed by atoms with van der Waals surface area (Å²) in [5, 5.41) is 5.09. The highest BCUT2D eigenvalue weighted by molar-refractivity contribution is 9.10. The molecule has 0 aliphatic carbocycles. The van der Waals surface area contributed by atoms with Crippen LogP contribution in [0.1, 0.15) is 22.0 Å². The van der Waals surface area contributed by atoms with E-state index in [-0.39, 0.29) is 11.9 Å². The summed E-state index contributed by atoms with van der Waals surface area (Å²) in [6.07, 6.45) is 0.847. The number of hydrogen-bond acceptors (Lipinski definition) is 5. The van der Waals surface area contributed by atoms with Crippen molar-refractivity contribution >= 4 is 38.9 Å². The maximum absolute atomic E-state index is 12.9. The van der Waals surface area contributed by atoms with Gasteiger partial charge in [0.2, 0.25) is 5.91 Å². The highest BCUT2D eigenvalue weighted by atomic mass is 79.9. The van der Waals surface area contributed by atoms with Gasteiger partial charge in [0, 0.05) is 15.9 Å². The molecule has 4 rings (SSSR count). The molecule has 1 aliphatic heterocycles. The maximum atomic E-state index is 12.9. The molecule has 0 fully saturated rings. The van der Waals surface area contributed by atoms with E-state index in [4.69, 9.17) is 9.47 Å². The van der Waals surface area contributed by atoms with E-state index in [1.807, 2.05) is 30.3 Å². The fraction of sp³-hybridized carbons (Fsp3) is 0.261. The van der Waals surface area contributed by atoms with Crippen molar-refractivity contribution in [2.45, 2.75) is 12.5 Å². The molecule has 0 saturated heterocycles. The second-order valence-electron chi connectivity index (χ2n) is 7.07. The standard InChI is InChI=1S/C23H23BrN2O3S/c1-28-19-12-15-9-10-26(14-22(27)25-18-7-4-3-6-17(18)24)23(21-8-5-11-30-21)16(15)13-20(19)29-2/h3-8,11-13,23H,9-10,14H2,1-2H3,(H,25,27)/t23-/m0/s1. The zero-order valence-corrected chi connectivity index (χ0v) is 19.3. The van der Waals surface area contributed by atoms with Crippen molar-refractivity contribution in [2.75, 3.05) is 32.6 Å². The molecule has 3 aromatic rings. The fourth-order valence-electron chi connectivity index (χ4n) is 3.88. The predicted molar refractivity (Wildman–Crippen MR) is 124 cm³/mol. The third kappa shape index (κ3) is 4.24. The van der Waals surface area contributed by atoms with Crippen molar-refractivity contribution in [1.29, 1.82) is 0 Å². The molecule has 1 atom stereocenters. The number of carbonyl (C=O) groups excluding carboxylic acids is 1. The van der Waals surface area contributed by atoms with Crippen LogP contribution >= 0.6 is 27.3 Å². The number of nitrogens with one attached hydrogen (secondary N) is 1. The Bertz CT molecular complexity index is 1040. The predicted octanol–water partition coefficient (Wildman–Crippen LogP) is 5.11. The fourth-order valence-corrected chi connectivity index (χ4v) is 5.15. The Morgan fingerprint density at radius 1 is 1.17 bits per heavy atom. The molecule has 2 aromatic carbocycles. The lowest BCUT2D eigenvalue weighted by atomic mass is 9.91. The van der Waals surface area contributed by atoms with Crippen LogP contribution in [0.15, 0.2) is 58.4 Å². The lowest BCUT2D eigenvalue weighted by Crippen LogP contribution is -2.41. The van der Waals surface area contributed by atoms with Crippen molar-refractivity contribution in [3.63, 3.8) is 0 Å². The van der Waals surface area contributed by atoms with Crippen LogP contribution in [0, 0.1) is 0 Å². The number of hydrogen-bond donors (Lipinski definition) is 1. The SMILES string of the molecule is COc1cc2c(cc1OC)[C@@H](c1cccs1)N(CC(=O)Nc1ccccc1Br)CC2. The van der Waals surface area contributed by atoms with Crippen LogP contribution in [-0.2, 0) is 11.2 Å². The third-order valence-electron chi connectivity index (χ3n) is 5.28. The van der Waals surface area contributed by atoms with Crippen molar-refractivity contribution in [2.24, 2.45) is 0 Å². The Kier molecular flexibility index (Phi) is 6.41. The summed E-state index contributed by atoms with van der Waals surface area (Å²) in [7, 11) is 3.30. The number of carbonyl (C=O) groups is 1. The number of anilines is 1. The first-order valence-corrected chi connectivity index (χ1v) is 11.3. The number of thiophene rings is 1. The molecule has 1 amide bonds. The number of nitrogens with zero attached hydrogens (tertiary/aromatic N) is 1. The number of ether oxygens (including phenoxy) is 2. The van der Waals surface area contributed by atoms with Gasteiger partial charge in [-0.3, -0.25) is 9.69 Å². The monoisotopic (exact) mass is 486 g/mol. The summed E-state index contributed by atoms with van der Waals surface area (Å²) in [6, 6.07) is 15.9. The van der Waals surface area contributed by atoms with Crippen molar-refractivity contribution < 1.29 is 14.3 Å². The van der Waals surface area contributed by atoms with Gasteiger partial charge in [0.25, 0.3) is 0 Å². The van der Waals surface area contributed by atoms with Gasteiger partial charge in [0.15, 0.2) is 11.5 Å². The minimum atomic E-state index is -0.0348. The topological polar surface area (TPSA) is 50.8 Å². The van der Waals surface area contributed by atoms with Gasteiger partial charge >= 0.3 is 0 Å². The quantitative estimate of drug-likeness (QED) is 0.525. The summed E-state index contributed by atoms with van der Waals surface area (Å²) in [5.41, 5.74) is 3.17. The van der Waals surface area contributed by atoms with Gasteiger partial charge in [-0.15, -0.1) is 11.3 Å². The van der Waals surface area contributed by atoms with Crippen molar-refractivity contribution in [1.82, 2.24) is 4.90 Å². The lowest BCUT2D eigenvalue weighted by molar-refractivity contribution is -0.117. The molecular weight excluding hydrogens is 464 g/mol. The van der Waals surface area contributed by atoms with Crippen LogP contribution in [0.25, 0.3) is 0 Å². The number of methoxy groups -OCH3 is 2. The molecular formula is C23H23BrN2O3S. The molecule has 1 aromatic heterocycles. The minimum Gasteiger partial charge on any atom is -0.493 e. The molecule has 0 radical (unpaired) electrons. The third-order valence-corrected chi connectivity index (χ3v) is 6.90. The zero-order valence-electron chi connectivity index (χ0n) is 16.9. The lowest BCUT2D eigenvalue weighted by Gasteiger charge is -2.37. The molecule has 0 bridgehead atoms. The Labute approximate surface area is 188 Å². The number of halogens is 1. The molecule has 156 valence electrons. The van der Waals surface area contributed by atoms with Crippen LogP contribution in [0.2, 0.25) is 0 Å². The first-order valence-electron chi connectivity index (χ1n) is 9.67. The number of rotatable bonds is 6. The average molecular weight is 487 g/mol. The maximum Gasteiger partial charge on any atom is 0.238 e. The van der Waals surface area contributed by atoms with Crippen LogP contribution in [-0.4, -0.2) is 38.1 Å². The number of benzene rings is 2. The van der Waals surface area contributed by atoms with Crippen molar-refractivity contribution in [3.8, 4) is 11.5 Å². The molecule has 0 unspecified atom stereocenters. The molecule has 30 heavy (non-hydrogen) atoms. The van der Waals surface area contributed by atoms with Crippen LogP contribution in [0.5, 0.6) is 11.5 Å². The molecule has 7 heteroatoms. The Hall–Kier alpha value is -2.35. The molecule has 2 heterocycles. The summed E-state index contributed by atoms with van der Waals surface area (Å²) >= 11 is 5.19. The van der Waals surface area contributed by atoms with E-state index in [9.17, 15) is 4.79 Å².